The van der Waals surface area contributed by atoms with E-state index in [1.54, 1.807) is 17.0 Å². The Morgan fingerprint density at radius 1 is 1.06 bits per heavy atom. The Morgan fingerprint density at radius 2 is 1.77 bits per heavy atom. The van der Waals surface area contributed by atoms with Gasteiger partial charge in [0.05, 0.1) is 12.1 Å². The highest BCUT2D eigenvalue weighted by Gasteiger charge is 2.26. The molecule has 6 heteroatoms. The van der Waals surface area contributed by atoms with E-state index in [0.29, 0.717) is 24.5 Å². The molecule has 0 N–H and O–H groups in total. The van der Waals surface area contributed by atoms with Crippen LogP contribution in [0.2, 0.25) is 0 Å². The third kappa shape index (κ3) is 5.32. The van der Waals surface area contributed by atoms with Crippen LogP contribution in [-0.4, -0.2) is 35.6 Å². The van der Waals surface area contributed by atoms with Crippen molar-refractivity contribution in [2.24, 2.45) is 5.92 Å². The van der Waals surface area contributed by atoms with Crippen molar-refractivity contribution in [1.29, 1.82) is 0 Å². The number of hydrogen-bond acceptors (Lipinski definition) is 4. The van der Waals surface area contributed by atoms with E-state index in [9.17, 15) is 9.18 Å². The van der Waals surface area contributed by atoms with Crippen LogP contribution in [0, 0.1) is 11.7 Å². The fourth-order valence-electron chi connectivity index (χ4n) is 3.68. The van der Waals surface area contributed by atoms with Gasteiger partial charge >= 0.3 is 0 Å². The van der Waals surface area contributed by atoms with Gasteiger partial charge in [-0.25, -0.2) is 4.39 Å². The van der Waals surface area contributed by atoms with E-state index in [2.05, 4.69) is 37.8 Å². The third-order valence-corrected chi connectivity index (χ3v) is 5.16. The molecule has 164 valence electrons. The zero-order valence-electron chi connectivity index (χ0n) is 18.6. The minimum atomic E-state index is -0.422. The number of benzene rings is 2. The predicted octanol–water partition coefficient (Wildman–Crippen LogP) is 5.63. The average molecular weight is 424 g/mol. The second-order valence-corrected chi connectivity index (χ2v) is 7.94. The summed E-state index contributed by atoms with van der Waals surface area (Å²) >= 11 is 0. The van der Waals surface area contributed by atoms with Gasteiger partial charge in [0.2, 0.25) is 5.88 Å². The molecule has 5 nitrogen and oxygen atoms in total. The zero-order chi connectivity index (χ0) is 22.4. The van der Waals surface area contributed by atoms with Gasteiger partial charge in [-0.1, -0.05) is 55.4 Å². The van der Waals surface area contributed by atoms with Crippen LogP contribution in [0.15, 0.2) is 59.1 Å². The lowest BCUT2D eigenvalue weighted by atomic mass is 10.1. The second kappa shape index (κ2) is 10.2. The van der Waals surface area contributed by atoms with Crippen LogP contribution in [0.5, 0.6) is 0 Å². The van der Waals surface area contributed by atoms with Crippen molar-refractivity contribution >= 4 is 11.8 Å². The van der Waals surface area contributed by atoms with Gasteiger partial charge in [0, 0.05) is 30.8 Å². The molecule has 1 aromatic heterocycles. The molecule has 0 aliphatic rings. The first-order chi connectivity index (χ1) is 14.9. The molecule has 0 fully saturated rings. The van der Waals surface area contributed by atoms with Crippen LogP contribution in [-0.2, 0) is 6.54 Å². The largest absolute Gasteiger partial charge is 0.341 e. The maximum atomic E-state index is 13.8. The number of carbonyl (C=O) groups excluding carboxylic acids is 1. The third-order valence-electron chi connectivity index (χ3n) is 5.16. The maximum absolute atomic E-state index is 13.8. The molecule has 1 amide bonds. The van der Waals surface area contributed by atoms with Crippen LogP contribution in [0.25, 0.3) is 11.3 Å². The Bertz CT molecular complexity index is 997. The first-order valence-electron chi connectivity index (χ1n) is 10.8. The molecule has 0 bridgehead atoms. The molecule has 0 saturated heterocycles. The lowest BCUT2D eigenvalue weighted by Gasteiger charge is -2.26. The van der Waals surface area contributed by atoms with Gasteiger partial charge in [0.15, 0.2) is 0 Å². The summed E-state index contributed by atoms with van der Waals surface area (Å²) < 4.78 is 19.6. The predicted molar refractivity (Wildman–Crippen MR) is 121 cm³/mol. The standard InChI is InChI=1S/C25H30FN3O2/c1-5-28(6-2)25-22(23(27-31-25)19-11-8-7-9-12-19)17-29(16-18(3)4)24(30)20-13-10-14-21(26)15-20/h7-15,18H,5-6,16-17H2,1-4H3. The van der Waals surface area contributed by atoms with E-state index >= 15 is 0 Å². The van der Waals surface area contributed by atoms with Crippen molar-refractivity contribution in [2.45, 2.75) is 34.2 Å². The van der Waals surface area contributed by atoms with E-state index in [1.165, 1.54) is 12.1 Å². The Labute approximate surface area is 183 Å². The summed E-state index contributed by atoms with van der Waals surface area (Å²) in [4.78, 5) is 17.2. The molecular weight excluding hydrogens is 393 g/mol. The molecule has 31 heavy (non-hydrogen) atoms. The molecule has 3 rings (SSSR count). The molecule has 0 spiro atoms. The summed E-state index contributed by atoms with van der Waals surface area (Å²) in [6.07, 6.45) is 0. The van der Waals surface area contributed by atoms with Crippen molar-refractivity contribution in [3.05, 3.63) is 71.5 Å². The summed E-state index contributed by atoms with van der Waals surface area (Å²) in [5.41, 5.74) is 2.86. The van der Waals surface area contributed by atoms with Crippen molar-refractivity contribution < 1.29 is 13.7 Å². The molecule has 0 unspecified atom stereocenters. The number of aromatic nitrogens is 1. The van der Waals surface area contributed by atoms with Gasteiger partial charge in [-0.2, -0.15) is 0 Å². The minimum Gasteiger partial charge on any atom is -0.341 e. The number of carbonyl (C=O) groups is 1. The van der Waals surface area contributed by atoms with Gasteiger partial charge < -0.3 is 14.3 Å². The van der Waals surface area contributed by atoms with Crippen LogP contribution >= 0.6 is 0 Å². The van der Waals surface area contributed by atoms with Gasteiger partial charge in [-0.05, 0) is 38.0 Å². The Morgan fingerprint density at radius 3 is 2.39 bits per heavy atom. The second-order valence-electron chi connectivity index (χ2n) is 7.94. The number of hydrogen-bond donors (Lipinski definition) is 0. The Kier molecular flexibility index (Phi) is 7.45. The minimum absolute atomic E-state index is 0.209. The topological polar surface area (TPSA) is 49.6 Å². The first-order valence-corrected chi connectivity index (χ1v) is 10.8. The highest BCUT2D eigenvalue weighted by Crippen LogP contribution is 2.33. The highest BCUT2D eigenvalue weighted by atomic mass is 19.1. The molecule has 3 aromatic rings. The van der Waals surface area contributed by atoms with E-state index in [0.717, 1.165) is 29.9 Å². The number of nitrogens with zero attached hydrogens (tertiary/aromatic N) is 3. The van der Waals surface area contributed by atoms with Gasteiger partial charge in [0.25, 0.3) is 5.91 Å². The normalized spacial score (nSPS) is 11.0. The Balaban J connectivity index is 2.05. The smallest absolute Gasteiger partial charge is 0.254 e. The summed E-state index contributed by atoms with van der Waals surface area (Å²) in [6.45, 7) is 10.6. The van der Waals surface area contributed by atoms with Crippen LogP contribution in [0.1, 0.15) is 43.6 Å². The number of rotatable bonds is 9. The van der Waals surface area contributed by atoms with Crippen LogP contribution in [0.4, 0.5) is 10.3 Å². The fraction of sp³-hybridized carbons (Fsp3) is 0.360. The first kappa shape index (κ1) is 22.5. The number of amides is 1. The van der Waals surface area contributed by atoms with Crippen LogP contribution in [0.3, 0.4) is 0 Å². The molecule has 0 aliphatic carbocycles. The van der Waals surface area contributed by atoms with Gasteiger partial charge in [0.1, 0.15) is 11.5 Å². The maximum Gasteiger partial charge on any atom is 0.254 e. The zero-order valence-corrected chi connectivity index (χ0v) is 18.6. The molecule has 0 atom stereocenters. The summed E-state index contributed by atoms with van der Waals surface area (Å²) in [5, 5.41) is 4.37. The van der Waals surface area contributed by atoms with Crippen molar-refractivity contribution in [1.82, 2.24) is 10.1 Å². The van der Waals surface area contributed by atoms with Gasteiger partial charge in [-0.15, -0.1) is 0 Å². The monoisotopic (exact) mass is 423 g/mol. The van der Waals surface area contributed by atoms with E-state index in [4.69, 9.17) is 4.52 Å². The van der Waals surface area contributed by atoms with Gasteiger partial charge in [-0.3, -0.25) is 4.79 Å². The lowest BCUT2D eigenvalue weighted by Crippen LogP contribution is -2.34. The lowest BCUT2D eigenvalue weighted by molar-refractivity contribution is 0.0722. The molecule has 0 aliphatic heterocycles. The molecule has 0 saturated carbocycles. The average Bonchev–Trinajstić information content (AvgIpc) is 3.17. The molecule has 1 heterocycles. The fourth-order valence-corrected chi connectivity index (χ4v) is 3.68. The summed E-state index contributed by atoms with van der Waals surface area (Å²) in [5.74, 6) is 0.284. The van der Waals surface area contributed by atoms with E-state index < -0.39 is 5.82 Å². The van der Waals surface area contributed by atoms with Crippen LogP contribution < -0.4 is 4.90 Å². The van der Waals surface area contributed by atoms with Crippen molar-refractivity contribution in [2.75, 3.05) is 24.5 Å². The number of anilines is 1. The molecule has 2 aromatic carbocycles. The highest BCUT2D eigenvalue weighted by molar-refractivity contribution is 5.94. The summed E-state index contributed by atoms with van der Waals surface area (Å²) in [7, 11) is 0. The van der Waals surface area contributed by atoms with E-state index in [-0.39, 0.29) is 11.8 Å². The van der Waals surface area contributed by atoms with Crippen molar-refractivity contribution in [3.63, 3.8) is 0 Å². The summed E-state index contributed by atoms with van der Waals surface area (Å²) in [6, 6.07) is 15.7. The van der Waals surface area contributed by atoms with Crippen molar-refractivity contribution in [3.8, 4) is 11.3 Å². The SMILES string of the molecule is CCN(CC)c1onc(-c2ccccc2)c1CN(CC(C)C)C(=O)c1cccc(F)c1. The number of halogens is 1. The Hall–Kier alpha value is -3.15. The molecule has 0 radical (unpaired) electrons. The quantitative estimate of drug-likeness (QED) is 0.448. The molecular formula is C25H30FN3O2. The van der Waals surface area contributed by atoms with E-state index in [1.807, 2.05) is 30.3 Å².